The van der Waals surface area contributed by atoms with Crippen LogP contribution >= 0.6 is 0 Å². The molecular weight excluding hydrogens is 160 g/mol. The third-order valence-corrected chi connectivity index (χ3v) is 3.28. The summed E-state index contributed by atoms with van der Waals surface area (Å²) < 4.78 is 0. The molecule has 0 radical (unpaired) electrons. The molecule has 1 saturated heterocycles. The van der Waals surface area contributed by atoms with Gasteiger partial charge in [-0.3, -0.25) is 4.90 Å². The monoisotopic (exact) mass is 182 g/mol. The molecule has 76 valence electrons. The van der Waals surface area contributed by atoms with E-state index in [0.29, 0.717) is 0 Å². The zero-order valence-electron chi connectivity index (χ0n) is 9.43. The molecule has 0 N–H and O–H groups in total. The van der Waals surface area contributed by atoms with Crippen molar-refractivity contribution in [2.75, 3.05) is 26.2 Å². The van der Waals surface area contributed by atoms with Crippen LogP contribution in [-0.4, -0.2) is 41.5 Å². The molecule has 0 aromatic carbocycles. The molecule has 0 aromatic rings. The Bertz CT molecular complexity index is 196. The minimum atomic E-state index is 0.142. The Morgan fingerprint density at radius 3 is 2.31 bits per heavy atom. The van der Waals surface area contributed by atoms with Crippen molar-refractivity contribution in [3.05, 3.63) is 12.3 Å². The van der Waals surface area contributed by atoms with Crippen LogP contribution in [0.5, 0.6) is 0 Å². The van der Waals surface area contributed by atoms with E-state index in [-0.39, 0.29) is 5.54 Å². The first-order chi connectivity index (χ1) is 6.04. The van der Waals surface area contributed by atoms with Crippen molar-refractivity contribution in [3.63, 3.8) is 0 Å². The van der Waals surface area contributed by atoms with Crippen molar-refractivity contribution in [3.8, 4) is 0 Å². The lowest BCUT2D eigenvalue weighted by Gasteiger charge is -2.49. The lowest BCUT2D eigenvalue weighted by atomic mass is 9.95. The van der Waals surface area contributed by atoms with Gasteiger partial charge in [-0.15, -0.1) is 0 Å². The van der Waals surface area contributed by atoms with Crippen molar-refractivity contribution >= 4 is 0 Å². The van der Waals surface area contributed by atoms with Crippen LogP contribution in [0.3, 0.4) is 0 Å². The van der Waals surface area contributed by atoms with Crippen molar-refractivity contribution in [2.45, 2.75) is 33.2 Å². The van der Waals surface area contributed by atoms with Crippen molar-refractivity contribution in [1.29, 1.82) is 0 Å². The number of nitrogens with zero attached hydrogens (tertiary/aromatic N) is 2. The summed E-state index contributed by atoms with van der Waals surface area (Å²) >= 11 is 0. The first-order valence-corrected chi connectivity index (χ1v) is 5.23. The second kappa shape index (κ2) is 3.70. The largest absolute Gasteiger partial charge is 0.373 e. The van der Waals surface area contributed by atoms with Gasteiger partial charge in [-0.25, -0.2) is 0 Å². The van der Waals surface area contributed by atoms with Crippen molar-refractivity contribution in [2.24, 2.45) is 0 Å². The van der Waals surface area contributed by atoms with E-state index in [1.807, 2.05) is 0 Å². The highest BCUT2D eigenvalue weighted by Crippen LogP contribution is 2.28. The van der Waals surface area contributed by atoms with Crippen LogP contribution in [0.1, 0.15) is 27.7 Å². The molecule has 0 spiro atoms. The van der Waals surface area contributed by atoms with Gasteiger partial charge >= 0.3 is 0 Å². The maximum absolute atomic E-state index is 4.20. The number of hydrogen-bond acceptors (Lipinski definition) is 2. The summed E-state index contributed by atoms with van der Waals surface area (Å²) in [6.45, 7) is 17.6. The molecule has 13 heavy (non-hydrogen) atoms. The highest BCUT2D eigenvalue weighted by atomic mass is 15.3. The number of likely N-dealkylation sites (N-methyl/N-ethyl adjacent to an activating group) is 2. The van der Waals surface area contributed by atoms with Gasteiger partial charge in [0.2, 0.25) is 0 Å². The highest BCUT2D eigenvalue weighted by Gasteiger charge is 2.35. The average molecular weight is 182 g/mol. The highest BCUT2D eigenvalue weighted by molar-refractivity contribution is 5.15. The topological polar surface area (TPSA) is 6.48 Å². The third-order valence-electron chi connectivity index (χ3n) is 3.28. The molecular formula is C11H22N2. The summed E-state index contributed by atoms with van der Waals surface area (Å²) in [4.78, 5) is 4.87. The normalized spacial score (nSPS) is 23.7. The third kappa shape index (κ3) is 1.73. The number of rotatable bonds is 2. The van der Waals surface area contributed by atoms with E-state index in [0.717, 1.165) is 26.2 Å². The zero-order valence-corrected chi connectivity index (χ0v) is 9.43. The van der Waals surface area contributed by atoms with Gasteiger partial charge in [0, 0.05) is 25.3 Å². The Morgan fingerprint density at radius 2 is 1.85 bits per heavy atom. The summed E-state index contributed by atoms with van der Waals surface area (Å²) in [5.41, 5.74) is 1.41. The van der Waals surface area contributed by atoms with E-state index < -0.39 is 0 Å². The second-order valence-corrected chi connectivity index (χ2v) is 4.17. The van der Waals surface area contributed by atoms with Crippen LogP contribution in [0.4, 0.5) is 0 Å². The molecule has 0 amide bonds. The fourth-order valence-electron chi connectivity index (χ4n) is 2.13. The Balaban J connectivity index is 2.79. The number of hydrogen-bond donors (Lipinski definition) is 0. The van der Waals surface area contributed by atoms with Gasteiger partial charge in [0.15, 0.2) is 0 Å². The molecule has 0 saturated carbocycles. The molecule has 1 heterocycles. The molecule has 0 aromatic heterocycles. The van der Waals surface area contributed by atoms with E-state index >= 15 is 0 Å². The van der Waals surface area contributed by atoms with Crippen LogP contribution in [0, 0.1) is 0 Å². The van der Waals surface area contributed by atoms with E-state index in [1.165, 1.54) is 5.70 Å². The predicted octanol–water partition coefficient (Wildman–Crippen LogP) is 1.94. The Morgan fingerprint density at radius 1 is 1.23 bits per heavy atom. The van der Waals surface area contributed by atoms with Crippen molar-refractivity contribution < 1.29 is 0 Å². The fourth-order valence-corrected chi connectivity index (χ4v) is 2.13. The average Bonchev–Trinajstić information content (AvgIpc) is 2.09. The molecule has 0 bridgehead atoms. The SMILES string of the molecule is C=C1N(CC)CCN(CC)C1(C)C. The lowest BCUT2D eigenvalue weighted by Crippen LogP contribution is -2.56. The lowest BCUT2D eigenvalue weighted by molar-refractivity contribution is 0.0723. The first-order valence-electron chi connectivity index (χ1n) is 5.23. The maximum atomic E-state index is 4.20. The van der Waals surface area contributed by atoms with Gasteiger partial charge in [0.25, 0.3) is 0 Å². The van der Waals surface area contributed by atoms with Gasteiger partial charge in [-0.1, -0.05) is 13.5 Å². The van der Waals surface area contributed by atoms with E-state index in [2.05, 4.69) is 44.1 Å². The second-order valence-electron chi connectivity index (χ2n) is 4.17. The van der Waals surface area contributed by atoms with E-state index in [4.69, 9.17) is 0 Å². The van der Waals surface area contributed by atoms with E-state index in [9.17, 15) is 0 Å². The fraction of sp³-hybridized carbons (Fsp3) is 0.818. The molecule has 1 fully saturated rings. The van der Waals surface area contributed by atoms with Crippen LogP contribution in [0.25, 0.3) is 0 Å². The first kappa shape index (κ1) is 10.6. The number of piperazine rings is 1. The minimum Gasteiger partial charge on any atom is -0.373 e. The van der Waals surface area contributed by atoms with Gasteiger partial charge in [0.05, 0.1) is 5.54 Å². The summed E-state index contributed by atoms with van der Waals surface area (Å²) in [5, 5.41) is 0. The van der Waals surface area contributed by atoms with Crippen LogP contribution in [0.15, 0.2) is 12.3 Å². The standard InChI is InChI=1S/C11H22N2/c1-6-12-8-9-13(7-2)11(4,5)10(12)3/h3,6-9H2,1-2,4-5H3. The molecule has 0 aliphatic carbocycles. The van der Waals surface area contributed by atoms with Gasteiger partial charge in [0.1, 0.15) is 0 Å². The van der Waals surface area contributed by atoms with Crippen molar-refractivity contribution in [1.82, 2.24) is 9.80 Å². The zero-order chi connectivity index (χ0) is 10.1. The Labute approximate surface area is 82.2 Å². The van der Waals surface area contributed by atoms with Gasteiger partial charge < -0.3 is 4.90 Å². The summed E-state index contributed by atoms with van der Waals surface area (Å²) in [7, 11) is 0. The van der Waals surface area contributed by atoms with Crippen LogP contribution in [-0.2, 0) is 0 Å². The van der Waals surface area contributed by atoms with E-state index in [1.54, 1.807) is 0 Å². The van der Waals surface area contributed by atoms with Crippen LogP contribution in [0.2, 0.25) is 0 Å². The maximum Gasteiger partial charge on any atom is 0.0547 e. The Kier molecular flexibility index (Phi) is 3.01. The molecule has 1 aliphatic heterocycles. The summed E-state index contributed by atoms with van der Waals surface area (Å²) in [5.74, 6) is 0. The quantitative estimate of drug-likeness (QED) is 0.644. The van der Waals surface area contributed by atoms with Gasteiger partial charge in [-0.2, -0.15) is 0 Å². The summed E-state index contributed by atoms with van der Waals surface area (Å²) in [6, 6.07) is 0. The molecule has 1 aliphatic rings. The smallest absolute Gasteiger partial charge is 0.0547 e. The molecule has 0 atom stereocenters. The Hall–Kier alpha value is -0.500. The molecule has 0 unspecified atom stereocenters. The van der Waals surface area contributed by atoms with Crippen LogP contribution < -0.4 is 0 Å². The summed E-state index contributed by atoms with van der Waals surface area (Å²) in [6.07, 6.45) is 0. The predicted molar refractivity (Wildman–Crippen MR) is 57.7 cm³/mol. The minimum absolute atomic E-state index is 0.142. The van der Waals surface area contributed by atoms with Gasteiger partial charge in [-0.05, 0) is 27.3 Å². The molecule has 2 heteroatoms. The molecule has 2 nitrogen and oxygen atoms in total. The molecule has 1 rings (SSSR count).